The number of likely N-dealkylation sites (N-methyl/N-ethyl adjacent to an activating group) is 1. The summed E-state index contributed by atoms with van der Waals surface area (Å²) in [6.45, 7) is 0. The molecule has 0 aliphatic carbocycles. The predicted octanol–water partition coefficient (Wildman–Crippen LogP) is -0.289. The van der Waals surface area contributed by atoms with Crippen molar-refractivity contribution in [3.05, 3.63) is 34.2 Å². The van der Waals surface area contributed by atoms with E-state index in [2.05, 4.69) is 15.3 Å². The lowest BCUT2D eigenvalue weighted by Gasteiger charge is -2.09. The van der Waals surface area contributed by atoms with E-state index >= 15 is 0 Å². The smallest absolute Gasteiger partial charge is 0.328 e. The number of aliphatic carboxylic acids is 1. The van der Waals surface area contributed by atoms with Gasteiger partial charge < -0.3 is 20.4 Å². The van der Waals surface area contributed by atoms with Gasteiger partial charge in [0.2, 0.25) is 0 Å². The van der Waals surface area contributed by atoms with E-state index in [9.17, 15) is 14.4 Å². The van der Waals surface area contributed by atoms with Crippen LogP contribution >= 0.6 is 0 Å². The van der Waals surface area contributed by atoms with Gasteiger partial charge in [0, 0.05) is 5.56 Å². The Bertz CT molecular complexity index is 670. The molecule has 2 rings (SSSR count). The molecular weight excluding hydrogens is 238 g/mol. The number of benzene rings is 1. The number of imidazole rings is 1. The second-order valence-corrected chi connectivity index (χ2v) is 3.76. The third kappa shape index (κ3) is 2.03. The lowest BCUT2D eigenvalue weighted by molar-refractivity contribution is -0.137. The van der Waals surface area contributed by atoms with Gasteiger partial charge in [0.15, 0.2) is 11.8 Å². The first-order valence-corrected chi connectivity index (χ1v) is 5.19. The quantitative estimate of drug-likeness (QED) is 0.439. The third-order valence-corrected chi connectivity index (χ3v) is 2.60. The molecule has 0 saturated carbocycles. The van der Waals surface area contributed by atoms with Crippen molar-refractivity contribution >= 4 is 22.8 Å². The molecular formula is C11H11N3O4. The summed E-state index contributed by atoms with van der Waals surface area (Å²) in [5.41, 5.74) is 0.872. The molecule has 0 amide bonds. The number of Topliss-reactive ketones (excluding diaryl/α,β-unsaturated/α-hetero) is 1. The molecule has 4 N–H and O–H groups in total. The molecule has 1 aromatic carbocycles. The highest BCUT2D eigenvalue weighted by Crippen LogP contribution is 2.12. The molecule has 7 nitrogen and oxygen atoms in total. The van der Waals surface area contributed by atoms with Gasteiger partial charge in [-0.25, -0.2) is 4.79 Å². The summed E-state index contributed by atoms with van der Waals surface area (Å²) < 4.78 is 0. The van der Waals surface area contributed by atoms with Crippen molar-refractivity contribution in [2.24, 2.45) is 0 Å². The SMILES string of the molecule is CNC(C(=O)O)C(=O)c1ccc2[nH]c(=O)[nH]c2c1. The zero-order valence-electron chi connectivity index (χ0n) is 9.48. The molecule has 0 aliphatic heterocycles. The van der Waals surface area contributed by atoms with Crippen LogP contribution in [0, 0.1) is 0 Å². The summed E-state index contributed by atoms with van der Waals surface area (Å²) in [7, 11) is 1.40. The average molecular weight is 249 g/mol. The fourth-order valence-electron chi connectivity index (χ4n) is 1.72. The van der Waals surface area contributed by atoms with Gasteiger partial charge >= 0.3 is 11.7 Å². The topological polar surface area (TPSA) is 115 Å². The molecule has 1 aromatic heterocycles. The standard InChI is InChI=1S/C11H11N3O4/c1-12-8(10(16)17)9(15)5-2-3-6-7(4-5)14-11(18)13-6/h2-4,8,12H,1H3,(H,16,17)(H2,13,14,18). The number of carbonyl (C=O) groups is 2. The number of hydrogen-bond acceptors (Lipinski definition) is 4. The molecule has 18 heavy (non-hydrogen) atoms. The lowest BCUT2D eigenvalue weighted by Crippen LogP contribution is -2.41. The van der Waals surface area contributed by atoms with Gasteiger partial charge in [-0.2, -0.15) is 0 Å². The summed E-state index contributed by atoms with van der Waals surface area (Å²) >= 11 is 0. The number of rotatable bonds is 4. The van der Waals surface area contributed by atoms with Crippen molar-refractivity contribution in [3.63, 3.8) is 0 Å². The molecule has 1 unspecified atom stereocenters. The fraction of sp³-hybridized carbons (Fsp3) is 0.182. The van der Waals surface area contributed by atoms with Crippen LogP contribution in [0.1, 0.15) is 10.4 Å². The summed E-state index contributed by atoms with van der Waals surface area (Å²) in [6, 6.07) is 3.17. The van der Waals surface area contributed by atoms with Gasteiger partial charge in [0.1, 0.15) is 0 Å². The Hall–Kier alpha value is -2.41. The van der Waals surface area contributed by atoms with Gasteiger partial charge in [0.05, 0.1) is 11.0 Å². The first kappa shape index (κ1) is 12.1. The summed E-state index contributed by atoms with van der Waals surface area (Å²) in [4.78, 5) is 38.9. The Balaban J connectivity index is 2.44. The Morgan fingerprint density at radius 3 is 2.56 bits per heavy atom. The van der Waals surface area contributed by atoms with Gasteiger partial charge in [-0.15, -0.1) is 0 Å². The number of carboxylic acid groups (broad SMARTS) is 1. The van der Waals surface area contributed by atoms with E-state index in [1.807, 2.05) is 0 Å². The highest BCUT2D eigenvalue weighted by molar-refractivity contribution is 6.12. The zero-order valence-corrected chi connectivity index (χ0v) is 9.48. The van der Waals surface area contributed by atoms with Crippen LogP contribution in [0.25, 0.3) is 11.0 Å². The fourth-order valence-corrected chi connectivity index (χ4v) is 1.72. The van der Waals surface area contributed by atoms with Crippen LogP contribution in [-0.4, -0.2) is 39.9 Å². The van der Waals surface area contributed by atoms with E-state index in [0.717, 1.165) is 0 Å². The molecule has 0 bridgehead atoms. The normalized spacial score (nSPS) is 12.5. The molecule has 0 spiro atoms. The van der Waals surface area contributed by atoms with E-state index in [4.69, 9.17) is 5.11 Å². The van der Waals surface area contributed by atoms with Gasteiger partial charge in [-0.1, -0.05) is 0 Å². The van der Waals surface area contributed by atoms with Crippen molar-refractivity contribution in [3.8, 4) is 0 Å². The van der Waals surface area contributed by atoms with Crippen LogP contribution in [0.5, 0.6) is 0 Å². The van der Waals surface area contributed by atoms with Crippen LogP contribution in [0.4, 0.5) is 0 Å². The maximum absolute atomic E-state index is 11.9. The molecule has 0 aliphatic rings. The van der Waals surface area contributed by atoms with Gasteiger partial charge in [0.25, 0.3) is 0 Å². The summed E-state index contributed by atoms with van der Waals surface area (Å²) in [5, 5.41) is 11.3. The van der Waals surface area contributed by atoms with E-state index in [-0.39, 0.29) is 11.3 Å². The van der Waals surface area contributed by atoms with E-state index in [1.54, 1.807) is 6.07 Å². The number of aromatic nitrogens is 2. The second kappa shape index (κ2) is 4.46. The molecule has 0 saturated heterocycles. The third-order valence-electron chi connectivity index (χ3n) is 2.60. The number of fused-ring (bicyclic) bond motifs is 1. The highest BCUT2D eigenvalue weighted by atomic mass is 16.4. The lowest BCUT2D eigenvalue weighted by atomic mass is 10.0. The van der Waals surface area contributed by atoms with Crippen molar-refractivity contribution in [2.75, 3.05) is 7.05 Å². The molecule has 7 heteroatoms. The molecule has 1 heterocycles. The minimum atomic E-state index is -1.30. The Kier molecular flexibility index (Phi) is 2.99. The van der Waals surface area contributed by atoms with Gasteiger partial charge in [-0.05, 0) is 25.2 Å². The molecule has 0 radical (unpaired) electrons. The zero-order chi connectivity index (χ0) is 13.3. The van der Waals surface area contributed by atoms with Crippen LogP contribution in [-0.2, 0) is 4.79 Å². The predicted molar refractivity (Wildman–Crippen MR) is 63.7 cm³/mol. The Morgan fingerprint density at radius 2 is 1.94 bits per heavy atom. The van der Waals surface area contributed by atoms with Crippen molar-refractivity contribution in [2.45, 2.75) is 6.04 Å². The Morgan fingerprint density at radius 1 is 1.28 bits per heavy atom. The average Bonchev–Trinajstić information content (AvgIpc) is 2.68. The molecule has 2 aromatic rings. The molecule has 94 valence electrons. The van der Waals surface area contributed by atoms with E-state index < -0.39 is 17.8 Å². The number of nitrogens with one attached hydrogen (secondary N) is 3. The Labute approximate surface area is 101 Å². The maximum Gasteiger partial charge on any atom is 0.328 e. The van der Waals surface area contributed by atoms with E-state index in [0.29, 0.717) is 11.0 Å². The first-order valence-electron chi connectivity index (χ1n) is 5.19. The number of carboxylic acids is 1. The second-order valence-electron chi connectivity index (χ2n) is 3.76. The van der Waals surface area contributed by atoms with Crippen molar-refractivity contribution in [1.29, 1.82) is 0 Å². The van der Waals surface area contributed by atoms with Crippen molar-refractivity contribution < 1.29 is 14.7 Å². The molecule has 0 fully saturated rings. The van der Waals surface area contributed by atoms with Crippen LogP contribution in [0.3, 0.4) is 0 Å². The number of H-pyrrole nitrogens is 2. The minimum Gasteiger partial charge on any atom is -0.480 e. The van der Waals surface area contributed by atoms with Crippen LogP contribution in [0.2, 0.25) is 0 Å². The van der Waals surface area contributed by atoms with Crippen LogP contribution in [0.15, 0.2) is 23.0 Å². The maximum atomic E-state index is 11.9. The van der Waals surface area contributed by atoms with Gasteiger partial charge in [-0.3, -0.25) is 9.59 Å². The minimum absolute atomic E-state index is 0.222. The molecule has 1 atom stereocenters. The number of carbonyl (C=O) groups excluding carboxylic acids is 1. The highest BCUT2D eigenvalue weighted by Gasteiger charge is 2.25. The number of hydrogen-bond donors (Lipinski definition) is 4. The van der Waals surface area contributed by atoms with Crippen LogP contribution < -0.4 is 11.0 Å². The monoisotopic (exact) mass is 249 g/mol. The summed E-state index contributed by atoms with van der Waals surface area (Å²) in [6.07, 6.45) is 0. The number of ketones is 1. The van der Waals surface area contributed by atoms with Crippen molar-refractivity contribution in [1.82, 2.24) is 15.3 Å². The summed E-state index contributed by atoms with van der Waals surface area (Å²) in [5.74, 6) is -1.81. The van der Waals surface area contributed by atoms with E-state index in [1.165, 1.54) is 19.2 Å². The number of aromatic amines is 2. The first-order chi connectivity index (χ1) is 8.52. The largest absolute Gasteiger partial charge is 0.480 e.